The molecule has 0 heterocycles. The molecular weight excluding hydrogens is 186 g/mol. The molecule has 0 aromatic heterocycles. The van der Waals surface area contributed by atoms with Crippen molar-refractivity contribution < 1.29 is 4.74 Å². The summed E-state index contributed by atoms with van der Waals surface area (Å²) in [5.41, 5.74) is 0. The van der Waals surface area contributed by atoms with Crippen LogP contribution in [0.15, 0.2) is 0 Å². The lowest BCUT2D eigenvalue weighted by Crippen LogP contribution is -2.20. The van der Waals surface area contributed by atoms with Gasteiger partial charge in [0.25, 0.3) is 0 Å². The Kier molecular flexibility index (Phi) is 10.4. The third kappa shape index (κ3) is 11.8. The molecule has 92 valence electrons. The zero-order chi connectivity index (χ0) is 11.5. The van der Waals surface area contributed by atoms with Crippen LogP contribution >= 0.6 is 0 Å². The minimum Gasteiger partial charge on any atom is -0.381 e. The van der Waals surface area contributed by atoms with Gasteiger partial charge in [0.1, 0.15) is 0 Å². The minimum absolute atomic E-state index is 0.644. The van der Waals surface area contributed by atoms with Gasteiger partial charge in [-0.25, -0.2) is 0 Å². The standard InChI is InChI=1S/C13H29NO/c1-12(2)8-7-11-15-10-6-5-9-13(3)14-4/h12-14H,5-11H2,1-4H3. The summed E-state index contributed by atoms with van der Waals surface area (Å²) in [5, 5.41) is 3.25. The van der Waals surface area contributed by atoms with Crippen molar-refractivity contribution in [3.05, 3.63) is 0 Å². The quantitative estimate of drug-likeness (QED) is 0.565. The summed E-state index contributed by atoms with van der Waals surface area (Å²) in [6, 6.07) is 0.644. The molecule has 0 aliphatic carbocycles. The first kappa shape index (κ1) is 14.9. The molecule has 1 N–H and O–H groups in total. The fraction of sp³-hybridized carbons (Fsp3) is 1.00. The zero-order valence-electron chi connectivity index (χ0n) is 11.0. The van der Waals surface area contributed by atoms with E-state index >= 15 is 0 Å². The van der Waals surface area contributed by atoms with Crippen LogP contribution in [0, 0.1) is 5.92 Å². The highest BCUT2D eigenvalue weighted by Gasteiger charge is 1.97. The second-order valence-corrected chi connectivity index (χ2v) is 4.83. The molecular formula is C13H29NO. The smallest absolute Gasteiger partial charge is 0.0466 e. The Balaban J connectivity index is 2.99. The van der Waals surface area contributed by atoms with Gasteiger partial charge in [-0.15, -0.1) is 0 Å². The number of rotatable bonds is 10. The third-order valence-electron chi connectivity index (χ3n) is 2.74. The monoisotopic (exact) mass is 215 g/mol. The Morgan fingerprint density at radius 1 is 0.933 bits per heavy atom. The Morgan fingerprint density at radius 2 is 1.60 bits per heavy atom. The van der Waals surface area contributed by atoms with E-state index in [1.165, 1.54) is 32.1 Å². The van der Waals surface area contributed by atoms with Crippen LogP contribution in [0.2, 0.25) is 0 Å². The molecule has 1 unspecified atom stereocenters. The first-order chi connectivity index (χ1) is 7.16. The summed E-state index contributed by atoms with van der Waals surface area (Å²) in [5.74, 6) is 0.810. The number of unbranched alkanes of at least 4 members (excludes halogenated alkanes) is 1. The summed E-state index contributed by atoms with van der Waals surface area (Å²) in [6.07, 6.45) is 6.23. The van der Waals surface area contributed by atoms with Gasteiger partial charge in [0.05, 0.1) is 0 Å². The van der Waals surface area contributed by atoms with Crippen LogP contribution < -0.4 is 5.32 Å². The first-order valence-electron chi connectivity index (χ1n) is 6.41. The zero-order valence-corrected chi connectivity index (χ0v) is 11.0. The fourth-order valence-corrected chi connectivity index (χ4v) is 1.49. The number of nitrogens with one attached hydrogen (secondary N) is 1. The third-order valence-corrected chi connectivity index (χ3v) is 2.74. The Bertz CT molecular complexity index is 126. The molecule has 0 fully saturated rings. The highest BCUT2D eigenvalue weighted by atomic mass is 16.5. The average molecular weight is 215 g/mol. The SMILES string of the molecule is CNC(C)CCCCOCCCC(C)C. The molecule has 0 aliphatic heterocycles. The normalized spacial score (nSPS) is 13.4. The summed E-state index contributed by atoms with van der Waals surface area (Å²) >= 11 is 0. The summed E-state index contributed by atoms with van der Waals surface area (Å²) in [6.45, 7) is 8.63. The first-order valence-corrected chi connectivity index (χ1v) is 6.41. The summed E-state index contributed by atoms with van der Waals surface area (Å²) in [4.78, 5) is 0. The predicted molar refractivity (Wildman–Crippen MR) is 67.3 cm³/mol. The Labute approximate surface area is 95.8 Å². The molecule has 0 saturated carbocycles. The van der Waals surface area contributed by atoms with E-state index in [1.807, 2.05) is 7.05 Å². The lowest BCUT2D eigenvalue weighted by molar-refractivity contribution is 0.123. The van der Waals surface area contributed by atoms with Crippen molar-refractivity contribution in [2.24, 2.45) is 5.92 Å². The lowest BCUT2D eigenvalue weighted by Gasteiger charge is -2.09. The second kappa shape index (κ2) is 10.4. The number of hydrogen-bond donors (Lipinski definition) is 1. The van der Waals surface area contributed by atoms with Crippen molar-refractivity contribution in [2.45, 2.75) is 58.9 Å². The van der Waals surface area contributed by atoms with Crippen LogP contribution in [-0.4, -0.2) is 26.3 Å². The van der Waals surface area contributed by atoms with Gasteiger partial charge in [-0.05, 0) is 52.0 Å². The maximum absolute atomic E-state index is 5.58. The van der Waals surface area contributed by atoms with E-state index in [1.54, 1.807) is 0 Å². The highest BCUT2D eigenvalue weighted by Crippen LogP contribution is 2.04. The van der Waals surface area contributed by atoms with Crippen molar-refractivity contribution in [1.29, 1.82) is 0 Å². The molecule has 15 heavy (non-hydrogen) atoms. The molecule has 0 bridgehead atoms. The molecule has 2 heteroatoms. The molecule has 2 nitrogen and oxygen atoms in total. The molecule has 0 rings (SSSR count). The van der Waals surface area contributed by atoms with Gasteiger partial charge in [-0.3, -0.25) is 0 Å². The van der Waals surface area contributed by atoms with Crippen LogP contribution in [0.3, 0.4) is 0 Å². The van der Waals surface area contributed by atoms with E-state index in [9.17, 15) is 0 Å². The molecule has 0 spiro atoms. The van der Waals surface area contributed by atoms with Crippen molar-refractivity contribution in [1.82, 2.24) is 5.32 Å². The van der Waals surface area contributed by atoms with E-state index < -0.39 is 0 Å². The fourth-order valence-electron chi connectivity index (χ4n) is 1.49. The highest BCUT2D eigenvalue weighted by molar-refractivity contribution is 4.56. The van der Waals surface area contributed by atoms with Gasteiger partial charge in [0, 0.05) is 19.3 Å². The van der Waals surface area contributed by atoms with E-state index in [0.717, 1.165) is 19.1 Å². The maximum atomic E-state index is 5.58. The van der Waals surface area contributed by atoms with E-state index in [-0.39, 0.29) is 0 Å². The molecule has 0 aromatic rings. The van der Waals surface area contributed by atoms with Gasteiger partial charge >= 0.3 is 0 Å². The van der Waals surface area contributed by atoms with Crippen molar-refractivity contribution in [3.63, 3.8) is 0 Å². The second-order valence-electron chi connectivity index (χ2n) is 4.83. The summed E-state index contributed by atoms with van der Waals surface area (Å²) < 4.78 is 5.58. The van der Waals surface area contributed by atoms with E-state index in [4.69, 9.17) is 4.74 Å². The maximum Gasteiger partial charge on any atom is 0.0466 e. The lowest BCUT2D eigenvalue weighted by atomic mass is 10.1. The van der Waals surface area contributed by atoms with Gasteiger partial charge in [0.2, 0.25) is 0 Å². The molecule has 0 saturated heterocycles. The van der Waals surface area contributed by atoms with Crippen LogP contribution in [0.1, 0.15) is 52.9 Å². The molecule has 1 atom stereocenters. The van der Waals surface area contributed by atoms with Crippen molar-refractivity contribution in [2.75, 3.05) is 20.3 Å². The Morgan fingerprint density at radius 3 is 2.20 bits per heavy atom. The van der Waals surface area contributed by atoms with Gasteiger partial charge in [0.15, 0.2) is 0 Å². The van der Waals surface area contributed by atoms with Crippen LogP contribution in [0.5, 0.6) is 0 Å². The molecule has 0 aliphatic rings. The number of hydrogen-bond acceptors (Lipinski definition) is 2. The Hall–Kier alpha value is -0.0800. The van der Waals surface area contributed by atoms with Crippen LogP contribution in [0.25, 0.3) is 0 Å². The molecule has 0 amide bonds. The van der Waals surface area contributed by atoms with Gasteiger partial charge in [-0.1, -0.05) is 13.8 Å². The predicted octanol–water partition coefficient (Wildman–Crippen LogP) is 3.22. The van der Waals surface area contributed by atoms with Gasteiger partial charge < -0.3 is 10.1 Å². The summed E-state index contributed by atoms with van der Waals surface area (Å²) in [7, 11) is 2.02. The largest absolute Gasteiger partial charge is 0.381 e. The van der Waals surface area contributed by atoms with Crippen LogP contribution in [0.4, 0.5) is 0 Å². The van der Waals surface area contributed by atoms with Gasteiger partial charge in [-0.2, -0.15) is 0 Å². The topological polar surface area (TPSA) is 21.3 Å². The number of ether oxygens (including phenoxy) is 1. The van der Waals surface area contributed by atoms with E-state index in [2.05, 4.69) is 26.1 Å². The van der Waals surface area contributed by atoms with Crippen molar-refractivity contribution >= 4 is 0 Å². The van der Waals surface area contributed by atoms with Crippen LogP contribution in [-0.2, 0) is 4.74 Å². The van der Waals surface area contributed by atoms with E-state index in [0.29, 0.717) is 6.04 Å². The minimum atomic E-state index is 0.644. The van der Waals surface area contributed by atoms with Crippen molar-refractivity contribution in [3.8, 4) is 0 Å². The molecule has 0 aromatic carbocycles. The average Bonchev–Trinajstić information content (AvgIpc) is 2.21. The molecule has 0 radical (unpaired) electrons.